The van der Waals surface area contributed by atoms with Crippen LogP contribution in [0.2, 0.25) is 0 Å². The first-order chi connectivity index (χ1) is 8.84. The number of hydrogen-bond donors (Lipinski definition) is 1. The van der Waals surface area contributed by atoms with Gasteiger partial charge in [-0.2, -0.15) is 0 Å². The van der Waals surface area contributed by atoms with E-state index in [0.717, 1.165) is 51.9 Å². The molecule has 1 N–H and O–H groups in total. The van der Waals surface area contributed by atoms with E-state index in [-0.39, 0.29) is 0 Å². The molecule has 0 aromatic carbocycles. The Labute approximate surface area is 111 Å². The van der Waals surface area contributed by atoms with Crippen LogP contribution in [0.1, 0.15) is 51.4 Å². The van der Waals surface area contributed by atoms with Gasteiger partial charge in [-0.25, -0.2) is 0 Å². The van der Waals surface area contributed by atoms with Gasteiger partial charge < -0.3 is 10.2 Å². The molecule has 1 fully saturated rings. The summed E-state index contributed by atoms with van der Waals surface area (Å²) in [5.74, 6) is 3.00. The first-order valence-electron chi connectivity index (χ1n) is 7.26. The number of terminal acetylenes is 1. The zero-order valence-corrected chi connectivity index (χ0v) is 11.4. The first-order valence-corrected chi connectivity index (χ1v) is 7.26. The maximum atomic E-state index is 11.8. The summed E-state index contributed by atoms with van der Waals surface area (Å²) in [5.41, 5.74) is 0. The maximum Gasteiger partial charge on any atom is 0.222 e. The predicted molar refractivity (Wildman–Crippen MR) is 75.2 cm³/mol. The molecule has 0 atom stereocenters. The molecular formula is C15H26N2O. The minimum Gasteiger partial charge on any atom is -0.340 e. The van der Waals surface area contributed by atoms with Crippen LogP contribution in [0.25, 0.3) is 0 Å². The Balaban J connectivity index is 1.91. The van der Waals surface area contributed by atoms with Crippen LogP contribution in [0, 0.1) is 12.3 Å². The summed E-state index contributed by atoms with van der Waals surface area (Å²) in [7, 11) is 0. The summed E-state index contributed by atoms with van der Waals surface area (Å²) < 4.78 is 0. The molecule has 0 bridgehead atoms. The Morgan fingerprint density at radius 1 is 1.06 bits per heavy atom. The molecule has 1 rings (SSSR count). The van der Waals surface area contributed by atoms with Crippen LogP contribution in [-0.4, -0.2) is 37.0 Å². The summed E-state index contributed by atoms with van der Waals surface area (Å²) in [6.45, 7) is 3.65. The highest BCUT2D eigenvalue weighted by atomic mass is 16.2. The molecule has 0 aromatic rings. The van der Waals surface area contributed by atoms with Gasteiger partial charge in [0.1, 0.15) is 0 Å². The lowest BCUT2D eigenvalue weighted by atomic mass is 10.1. The van der Waals surface area contributed by atoms with Crippen molar-refractivity contribution in [2.75, 3.05) is 26.2 Å². The minimum atomic E-state index is 0.337. The molecule has 0 unspecified atom stereocenters. The van der Waals surface area contributed by atoms with E-state index in [4.69, 9.17) is 6.42 Å². The van der Waals surface area contributed by atoms with Crippen LogP contribution in [0.4, 0.5) is 0 Å². The van der Waals surface area contributed by atoms with E-state index in [0.29, 0.717) is 5.91 Å². The Bertz CT molecular complexity index is 264. The molecule has 1 saturated heterocycles. The van der Waals surface area contributed by atoms with E-state index in [1.165, 1.54) is 25.7 Å². The molecule has 1 heterocycles. The van der Waals surface area contributed by atoms with Gasteiger partial charge in [-0.3, -0.25) is 4.79 Å². The molecule has 18 heavy (non-hydrogen) atoms. The highest BCUT2D eigenvalue weighted by Gasteiger charge is 2.14. The quantitative estimate of drug-likeness (QED) is 0.529. The van der Waals surface area contributed by atoms with Crippen LogP contribution in [0.15, 0.2) is 0 Å². The SMILES string of the molecule is C#CCCCCCCCCC(=O)N1CCNCC1. The first kappa shape index (κ1) is 15.0. The van der Waals surface area contributed by atoms with E-state index in [9.17, 15) is 4.79 Å². The number of carbonyl (C=O) groups is 1. The van der Waals surface area contributed by atoms with Gasteiger partial charge in [0.05, 0.1) is 0 Å². The number of rotatable bonds is 8. The summed E-state index contributed by atoms with van der Waals surface area (Å²) in [6, 6.07) is 0. The Morgan fingerprint density at radius 3 is 2.33 bits per heavy atom. The van der Waals surface area contributed by atoms with Crippen molar-refractivity contribution in [1.82, 2.24) is 10.2 Å². The van der Waals surface area contributed by atoms with Crippen LogP contribution in [0.3, 0.4) is 0 Å². The predicted octanol–water partition coefficient (Wildman–Crippen LogP) is 2.17. The van der Waals surface area contributed by atoms with Gasteiger partial charge in [0, 0.05) is 39.0 Å². The van der Waals surface area contributed by atoms with Gasteiger partial charge in [-0.05, 0) is 12.8 Å². The molecule has 1 amide bonds. The third-order valence-corrected chi connectivity index (χ3v) is 3.43. The third-order valence-electron chi connectivity index (χ3n) is 3.43. The van der Waals surface area contributed by atoms with Crippen LogP contribution in [0.5, 0.6) is 0 Å². The van der Waals surface area contributed by atoms with E-state index in [2.05, 4.69) is 11.2 Å². The molecular weight excluding hydrogens is 224 g/mol. The van der Waals surface area contributed by atoms with Crippen molar-refractivity contribution >= 4 is 5.91 Å². The monoisotopic (exact) mass is 250 g/mol. The minimum absolute atomic E-state index is 0.337. The van der Waals surface area contributed by atoms with Crippen molar-refractivity contribution in [3.63, 3.8) is 0 Å². The molecule has 3 heteroatoms. The molecule has 102 valence electrons. The number of amides is 1. The third kappa shape index (κ3) is 6.66. The Hall–Kier alpha value is -1.01. The van der Waals surface area contributed by atoms with Crippen LogP contribution in [-0.2, 0) is 4.79 Å². The second kappa shape index (κ2) is 9.96. The lowest BCUT2D eigenvalue weighted by Gasteiger charge is -2.27. The number of carbonyl (C=O) groups excluding carboxylic acids is 1. The second-order valence-electron chi connectivity index (χ2n) is 4.96. The van der Waals surface area contributed by atoms with E-state index < -0.39 is 0 Å². The van der Waals surface area contributed by atoms with E-state index >= 15 is 0 Å². The maximum absolute atomic E-state index is 11.8. The highest BCUT2D eigenvalue weighted by Crippen LogP contribution is 2.09. The molecule has 0 saturated carbocycles. The number of nitrogens with one attached hydrogen (secondary N) is 1. The standard InChI is InChI=1S/C15H26N2O/c1-2-3-4-5-6-7-8-9-10-15(18)17-13-11-16-12-14-17/h1,16H,3-14H2. The average molecular weight is 250 g/mol. The normalized spacial score (nSPS) is 15.4. The summed E-state index contributed by atoms with van der Waals surface area (Å²) in [4.78, 5) is 13.8. The zero-order valence-electron chi connectivity index (χ0n) is 11.4. The molecule has 3 nitrogen and oxygen atoms in total. The molecule has 0 spiro atoms. The molecule has 0 aliphatic carbocycles. The van der Waals surface area contributed by atoms with Crippen molar-refractivity contribution < 1.29 is 4.79 Å². The summed E-state index contributed by atoms with van der Waals surface area (Å²) in [5, 5.41) is 3.26. The van der Waals surface area contributed by atoms with Crippen molar-refractivity contribution in [3.8, 4) is 12.3 Å². The van der Waals surface area contributed by atoms with E-state index in [1.807, 2.05) is 4.90 Å². The Morgan fingerprint density at radius 2 is 1.67 bits per heavy atom. The number of unbranched alkanes of at least 4 members (excludes halogenated alkanes) is 6. The fourth-order valence-corrected chi connectivity index (χ4v) is 2.28. The van der Waals surface area contributed by atoms with Crippen LogP contribution < -0.4 is 5.32 Å². The number of hydrogen-bond acceptors (Lipinski definition) is 2. The fourth-order valence-electron chi connectivity index (χ4n) is 2.28. The largest absolute Gasteiger partial charge is 0.340 e. The van der Waals surface area contributed by atoms with Crippen molar-refractivity contribution in [2.24, 2.45) is 0 Å². The lowest BCUT2D eigenvalue weighted by Crippen LogP contribution is -2.46. The van der Waals surface area contributed by atoms with Gasteiger partial charge in [0.15, 0.2) is 0 Å². The topological polar surface area (TPSA) is 32.3 Å². The van der Waals surface area contributed by atoms with Crippen molar-refractivity contribution in [2.45, 2.75) is 51.4 Å². The van der Waals surface area contributed by atoms with Gasteiger partial charge >= 0.3 is 0 Å². The van der Waals surface area contributed by atoms with Gasteiger partial charge in [0.2, 0.25) is 5.91 Å². The number of piperazine rings is 1. The highest BCUT2D eigenvalue weighted by molar-refractivity contribution is 5.76. The van der Waals surface area contributed by atoms with E-state index in [1.54, 1.807) is 0 Å². The average Bonchev–Trinajstić information content (AvgIpc) is 2.42. The van der Waals surface area contributed by atoms with Crippen molar-refractivity contribution in [1.29, 1.82) is 0 Å². The van der Waals surface area contributed by atoms with Gasteiger partial charge in [0.25, 0.3) is 0 Å². The summed E-state index contributed by atoms with van der Waals surface area (Å²) >= 11 is 0. The fraction of sp³-hybridized carbons (Fsp3) is 0.800. The molecule has 0 aromatic heterocycles. The Kier molecular flexibility index (Phi) is 8.33. The van der Waals surface area contributed by atoms with Crippen LogP contribution >= 0.6 is 0 Å². The van der Waals surface area contributed by atoms with Crippen molar-refractivity contribution in [3.05, 3.63) is 0 Å². The summed E-state index contributed by atoms with van der Waals surface area (Å²) in [6.07, 6.45) is 13.9. The lowest BCUT2D eigenvalue weighted by molar-refractivity contribution is -0.131. The van der Waals surface area contributed by atoms with Gasteiger partial charge in [-0.15, -0.1) is 12.3 Å². The smallest absolute Gasteiger partial charge is 0.222 e. The zero-order chi connectivity index (χ0) is 13.1. The molecule has 1 aliphatic heterocycles. The number of nitrogens with zero attached hydrogens (tertiary/aromatic N) is 1. The molecule has 0 radical (unpaired) electrons. The molecule has 1 aliphatic rings. The van der Waals surface area contributed by atoms with Gasteiger partial charge in [-0.1, -0.05) is 25.7 Å². The second-order valence-corrected chi connectivity index (χ2v) is 4.96.